The Labute approximate surface area is 111 Å². The van der Waals surface area contributed by atoms with E-state index in [2.05, 4.69) is 0 Å². The monoisotopic (exact) mass is 267 g/mol. The molecule has 0 amide bonds. The van der Waals surface area contributed by atoms with Crippen LogP contribution in [0.2, 0.25) is 0 Å². The standard InChI is InChI=1S/C13H18FN3O2/c14-11-1-2-12(17(18)19)13(9-11)16-7-4-10(3-6-15)5-8-16/h1-2,9-10H,3-8,15H2. The first kappa shape index (κ1) is 13.7. The van der Waals surface area contributed by atoms with Crippen LogP contribution in [0, 0.1) is 21.8 Å². The molecular formula is C13H18FN3O2. The van der Waals surface area contributed by atoms with Gasteiger partial charge in [0.2, 0.25) is 0 Å². The zero-order chi connectivity index (χ0) is 13.8. The number of nitrogens with zero attached hydrogens (tertiary/aromatic N) is 2. The SMILES string of the molecule is NCCC1CCN(c2cc(F)ccc2[N+](=O)[O-])CC1. The van der Waals surface area contributed by atoms with Gasteiger partial charge in [-0.05, 0) is 37.8 Å². The van der Waals surface area contributed by atoms with E-state index < -0.39 is 10.7 Å². The van der Waals surface area contributed by atoms with E-state index >= 15 is 0 Å². The van der Waals surface area contributed by atoms with Gasteiger partial charge < -0.3 is 10.6 Å². The van der Waals surface area contributed by atoms with Crippen molar-refractivity contribution in [3.63, 3.8) is 0 Å². The molecule has 1 aromatic rings. The second-order valence-corrected chi connectivity index (χ2v) is 4.90. The number of nitro benzene ring substituents is 1. The molecule has 0 aromatic heterocycles. The van der Waals surface area contributed by atoms with E-state index in [1.165, 1.54) is 12.1 Å². The van der Waals surface area contributed by atoms with Crippen LogP contribution in [0.1, 0.15) is 19.3 Å². The van der Waals surface area contributed by atoms with Crippen molar-refractivity contribution < 1.29 is 9.31 Å². The number of halogens is 1. The van der Waals surface area contributed by atoms with Crippen LogP contribution in [0.25, 0.3) is 0 Å². The van der Waals surface area contributed by atoms with Gasteiger partial charge in [-0.3, -0.25) is 10.1 Å². The molecule has 1 saturated heterocycles. The van der Waals surface area contributed by atoms with Gasteiger partial charge in [0, 0.05) is 25.2 Å². The summed E-state index contributed by atoms with van der Waals surface area (Å²) in [6.07, 6.45) is 2.88. The van der Waals surface area contributed by atoms with Crippen LogP contribution in [-0.2, 0) is 0 Å². The lowest BCUT2D eigenvalue weighted by atomic mass is 9.93. The molecule has 2 N–H and O–H groups in total. The summed E-state index contributed by atoms with van der Waals surface area (Å²) in [6, 6.07) is 3.61. The summed E-state index contributed by atoms with van der Waals surface area (Å²) in [5, 5.41) is 11.0. The summed E-state index contributed by atoms with van der Waals surface area (Å²) >= 11 is 0. The fourth-order valence-electron chi connectivity index (χ4n) is 2.60. The zero-order valence-corrected chi connectivity index (χ0v) is 10.7. The molecule has 1 fully saturated rings. The Balaban J connectivity index is 2.14. The average Bonchev–Trinajstić information content (AvgIpc) is 2.39. The lowest BCUT2D eigenvalue weighted by molar-refractivity contribution is -0.384. The number of rotatable bonds is 4. The first-order valence-electron chi connectivity index (χ1n) is 6.50. The van der Waals surface area contributed by atoms with E-state index in [0.717, 1.165) is 38.4 Å². The molecule has 5 nitrogen and oxygen atoms in total. The van der Waals surface area contributed by atoms with Crippen molar-refractivity contribution in [2.45, 2.75) is 19.3 Å². The molecule has 19 heavy (non-hydrogen) atoms. The first-order valence-corrected chi connectivity index (χ1v) is 6.50. The molecule has 6 heteroatoms. The van der Waals surface area contributed by atoms with E-state index in [9.17, 15) is 14.5 Å². The van der Waals surface area contributed by atoms with Crippen molar-refractivity contribution in [3.05, 3.63) is 34.1 Å². The van der Waals surface area contributed by atoms with Crippen molar-refractivity contribution in [1.29, 1.82) is 0 Å². The fourth-order valence-corrected chi connectivity index (χ4v) is 2.60. The van der Waals surface area contributed by atoms with Crippen LogP contribution >= 0.6 is 0 Å². The van der Waals surface area contributed by atoms with E-state index in [4.69, 9.17) is 5.73 Å². The van der Waals surface area contributed by atoms with Crippen molar-refractivity contribution in [2.24, 2.45) is 11.7 Å². The number of hydrogen-bond donors (Lipinski definition) is 1. The molecular weight excluding hydrogens is 249 g/mol. The number of nitro groups is 1. The second kappa shape index (κ2) is 5.97. The minimum Gasteiger partial charge on any atom is -0.366 e. The molecule has 104 valence electrons. The minimum atomic E-state index is -0.458. The number of nitrogens with two attached hydrogens (primary N) is 1. The second-order valence-electron chi connectivity index (χ2n) is 4.90. The van der Waals surface area contributed by atoms with E-state index in [-0.39, 0.29) is 5.69 Å². The van der Waals surface area contributed by atoms with Crippen LogP contribution in [0.5, 0.6) is 0 Å². The fraction of sp³-hybridized carbons (Fsp3) is 0.538. The molecule has 0 aliphatic carbocycles. The zero-order valence-electron chi connectivity index (χ0n) is 10.7. The van der Waals surface area contributed by atoms with Crippen LogP contribution in [0.15, 0.2) is 18.2 Å². The van der Waals surface area contributed by atoms with Gasteiger partial charge in [-0.2, -0.15) is 0 Å². The molecule has 1 aromatic carbocycles. The maximum atomic E-state index is 13.3. The summed E-state index contributed by atoms with van der Waals surface area (Å²) in [5.41, 5.74) is 5.89. The maximum absolute atomic E-state index is 13.3. The van der Waals surface area contributed by atoms with Gasteiger partial charge in [0.1, 0.15) is 11.5 Å². The van der Waals surface area contributed by atoms with E-state index in [1.54, 1.807) is 0 Å². The molecule has 0 atom stereocenters. The molecule has 0 bridgehead atoms. The van der Waals surface area contributed by atoms with E-state index in [0.29, 0.717) is 18.2 Å². The lowest BCUT2D eigenvalue weighted by Gasteiger charge is -2.33. The van der Waals surface area contributed by atoms with Crippen LogP contribution in [0.3, 0.4) is 0 Å². The predicted molar refractivity (Wildman–Crippen MR) is 71.7 cm³/mol. The first-order chi connectivity index (χ1) is 9.11. The van der Waals surface area contributed by atoms with Gasteiger partial charge in [0.25, 0.3) is 5.69 Å². The van der Waals surface area contributed by atoms with Crippen molar-refractivity contribution >= 4 is 11.4 Å². The molecule has 2 rings (SSSR count). The number of anilines is 1. The third-order valence-electron chi connectivity index (χ3n) is 3.66. The predicted octanol–water partition coefficient (Wildman–Crippen LogP) is 2.30. The summed E-state index contributed by atoms with van der Waals surface area (Å²) in [7, 11) is 0. The third-order valence-corrected chi connectivity index (χ3v) is 3.66. The molecule has 1 aliphatic rings. The average molecular weight is 267 g/mol. The van der Waals surface area contributed by atoms with E-state index in [1.807, 2.05) is 4.90 Å². The quantitative estimate of drug-likeness (QED) is 0.671. The highest BCUT2D eigenvalue weighted by molar-refractivity contribution is 5.63. The highest BCUT2D eigenvalue weighted by atomic mass is 19.1. The number of hydrogen-bond acceptors (Lipinski definition) is 4. The van der Waals surface area contributed by atoms with Crippen LogP contribution < -0.4 is 10.6 Å². The van der Waals surface area contributed by atoms with Gasteiger partial charge in [0.05, 0.1) is 4.92 Å². The highest BCUT2D eigenvalue weighted by Gasteiger charge is 2.24. The summed E-state index contributed by atoms with van der Waals surface area (Å²) < 4.78 is 13.3. The van der Waals surface area contributed by atoms with Crippen LogP contribution in [-0.4, -0.2) is 24.6 Å². The van der Waals surface area contributed by atoms with Gasteiger partial charge in [-0.1, -0.05) is 0 Å². The molecule has 1 aliphatic heterocycles. The largest absolute Gasteiger partial charge is 0.366 e. The maximum Gasteiger partial charge on any atom is 0.292 e. The summed E-state index contributed by atoms with van der Waals surface area (Å²) in [5.74, 6) is 0.138. The van der Waals surface area contributed by atoms with Crippen LogP contribution in [0.4, 0.5) is 15.8 Å². The minimum absolute atomic E-state index is 0.0290. The molecule has 0 radical (unpaired) electrons. The molecule has 0 saturated carbocycles. The van der Waals surface area contributed by atoms with Gasteiger partial charge in [-0.15, -0.1) is 0 Å². The topological polar surface area (TPSA) is 72.4 Å². The Kier molecular flexibility index (Phi) is 4.31. The molecule has 0 spiro atoms. The molecule has 0 unspecified atom stereocenters. The summed E-state index contributed by atoms with van der Waals surface area (Å²) in [4.78, 5) is 12.4. The Bertz CT molecular complexity index is 459. The Morgan fingerprint density at radius 3 is 2.68 bits per heavy atom. The Hall–Kier alpha value is -1.69. The van der Waals surface area contributed by atoms with Gasteiger partial charge in [-0.25, -0.2) is 4.39 Å². The third kappa shape index (κ3) is 3.20. The number of piperidine rings is 1. The van der Waals surface area contributed by atoms with Crippen molar-refractivity contribution in [2.75, 3.05) is 24.5 Å². The Morgan fingerprint density at radius 1 is 1.42 bits per heavy atom. The highest BCUT2D eigenvalue weighted by Crippen LogP contribution is 2.32. The lowest BCUT2D eigenvalue weighted by Crippen LogP contribution is -2.34. The Morgan fingerprint density at radius 2 is 2.11 bits per heavy atom. The molecule has 1 heterocycles. The van der Waals surface area contributed by atoms with Gasteiger partial charge >= 0.3 is 0 Å². The number of benzene rings is 1. The van der Waals surface area contributed by atoms with Crippen molar-refractivity contribution in [1.82, 2.24) is 0 Å². The van der Waals surface area contributed by atoms with Crippen molar-refractivity contribution in [3.8, 4) is 0 Å². The normalized spacial score (nSPS) is 16.6. The smallest absolute Gasteiger partial charge is 0.292 e. The summed E-state index contributed by atoms with van der Waals surface area (Å²) in [6.45, 7) is 2.11. The van der Waals surface area contributed by atoms with Gasteiger partial charge in [0.15, 0.2) is 0 Å².